The molecule has 236 valence electrons. The summed E-state index contributed by atoms with van der Waals surface area (Å²) in [6.45, 7) is 4.78. The number of anilines is 2. The molecule has 45 heavy (non-hydrogen) atoms. The molecule has 0 spiro atoms. The number of hydrogen-bond acceptors (Lipinski definition) is 8. The van der Waals surface area contributed by atoms with Crippen LogP contribution in [0.2, 0.25) is 0 Å². The number of piperazine rings is 1. The molecule has 2 amide bonds. The third-order valence-electron chi connectivity index (χ3n) is 8.60. The number of β-amino-alcohol motifs (C(OH)–C–C–N with tert-alkyl or cyclic N) is 1. The van der Waals surface area contributed by atoms with Gasteiger partial charge in [-0.05, 0) is 55.3 Å². The van der Waals surface area contributed by atoms with Crippen LogP contribution in [0.25, 0.3) is 16.9 Å². The predicted octanol–water partition coefficient (Wildman–Crippen LogP) is 3.24. The van der Waals surface area contributed by atoms with E-state index in [1.54, 1.807) is 32.5 Å². The van der Waals surface area contributed by atoms with E-state index in [0.717, 1.165) is 5.56 Å². The normalized spacial score (nSPS) is 18.7. The van der Waals surface area contributed by atoms with Crippen molar-refractivity contribution >= 4 is 29.0 Å². The standard InChI is InChI=1S/C32H35F2N7O4/c1-3-19-16-20(4-5-21(19)31(43)39-12-14-40(15-13-39)32(44)23-8-9-35-18-25(23)42)38-29-30-37-17-24(41(30)11-10-36-29)22-6-7-26(45-2)28(34)27(22)33/h4-7,10-11,16-17,23,25,35,42H,3,8-9,12-15,18H2,1-2H3,(H,36,38)/t23-,25+/m0/s1. The van der Waals surface area contributed by atoms with Crippen molar-refractivity contribution in [2.45, 2.75) is 25.9 Å². The Hall–Kier alpha value is -4.62. The first-order chi connectivity index (χ1) is 21.8. The zero-order chi connectivity index (χ0) is 31.7. The van der Waals surface area contributed by atoms with Gasteiger partial charge < -0.3 is 30.3 Å². The summed E-state index contributed by atoms with van der Waals surface area (Å²) in [6, 6.07) is 8.26. The number of carbonyl (C=O) groups is 2. The maximum absolute atomic E-state index is 14.9. The van der Waals surface area contributed by atoms with Crippen LogP contribution in [0.5, 0.6) is 5.75 Å². The molecule has 2 aliphatic heterocycles. The monoisotopic (exact) mass is 619 g/mol. The van der Waals surface area contributed by atoms with Crippen LogP contribution in [0.4, 0.5) is 20.3 Å². The van der Waals surface area contributed by atoms with E-state index in [0.29, 0.717) is 80.5 Å². The first-order valence-corrected chi connectivity index (χ1v) is 15.0. The quantitative estimate of drug-likeness (QED) is 0.288. The number of aliphatic hydroxyl groups excluding tert-OH is 1. The summed E-state index contributed by atoms with van der Waals surface area (Å²) < 4.78 is 35.8. The number of aryl methyl sites for hydroxylation is 1. The lowest BCUT2D eigenvalue weighted by Gasteiger charge is -2.38. The second kappa shape index (κ2) is 12.8. The number of benzene rings is 2. The highest BCUT2D eigenvalue weighted by Crippen LogP contribution is 2.32. The van der Waals surface area contributed by atoms with Gasteiger partial charge in [0.05, 0.1) is 31.0 Å². The zero-order valence-corrected chi connectivity index (χ0v) is 25.1. The maximum atomic E-state index is 14.9. The lowest BCUT2D eigenvalue weighted by molar-refractivity contribution is -0.141. The molecule has 0 bridgehead atoms. The third kappa shape index (κ3) is 5.80. The molecule has 0 saturated carbocycles. The molecule has 4 aromatic rings. The minimum atomic E-state index is -1.08. The van der Waals surface area contributed by atoms with Crippen LogP contribution in [0.1, 0.15) is 29.3 Å². The Morgan fingerprint density at radius 1 is 1.09 bits per heavy atom. The molecular formula is C32H35F2N7O4. The van der Waals surface area contributed by atoms with E-state index in [2.05, 4.69) is 20.6 Å². The Morgan fingerprint density at radius 2 is 1.87 bits per heavy atom. The number of halogens is 2. The molecule has 0 unspecified atom stereocenters. The van der Waals surface area contributed by atoms with Crippen molar-refractivity contribution in [3.63, 3.8) is 0 Å². The molecule has 4 heterocycles. The average Bonchev–Trinajstić information content (AvgIpc) is 3.50. The number of methoxy groups -OCH3 is 1. The molecule has 2 fully saturated rings. The van der Waals surface area contributed by atoms with Gasteiger partial charge in [-0.3, -0.25) is 14.0 Å². The highest BCUT2D eigenvalue weighted by atomic mass is 19.2. The predicted molar refractivity (Wildman–Crippen MR) is 163 cm³/mol. The Labute approximate surface area is 258 Å². The second-order valence-electron chi connectivity index (χ2n) is 11.2. The molecule has 0 aliphatic carbocycles. The minimum absolute atomic E-state index is 0.0307. The smallest absolute Gasteiger partial charge is 0.254 e. The molecule has 2 atom stereocenters. The van der Waals surface area contributed by atoms with E-state index >= 15 is 0 Å². The van der Waals surface area contributed by atoms with E-state index < -0.39 is 23.7 Å². The number of aromatic nitrogens is 3. The van der Waals surface area contributed by atoms with Crippen molar-refractivity contribution in [2.75, 3.05) is 51.7 Å². The first kappa shape index (κ1) is 30.4. The molecule has 13 heteroatoms. The zero-order valence-electron chi connectivity index (χ0n) is 25.1. The van der Waals surface area contributed by atoms with E-state index in [4.69, 9.17) is 4.74 Å². The molecule has 2 aromatic heterocycles. The van der Waals surface area contributed by atoms with Gasteiger partial charge in [-0.15, -0.1) is 0 Å². The Kier molecular flexibility index (Phi) is 8.63. The number of rotatable bonds is 7. The van der Waals surface area contributed by atoms with Crippen LogP contribution in [-0.2, 0) is 11.2 Å². The number of nitrogens with zero attached hydrogens (tertiary/aromatic N) is 5. The lowest BCUT2D eigenvalue weighted by Crippen LogP contribution is -2.55. The number of imidazole rings is 1. The van der Waals surface area contributed by atoms with Gasteiger partial charge in [0.25, 0.3) is 5.91 Å². The van der Waals surface area contributed by atoms with Gasteiger partial charge in [-0.2, -0.15) is 4.39 Å². The lowest BCUT2D eigenvalue weighted by atomic mass is 9.93. The number of carbonyl (C=O) groups excluding carboxylic acids is 2. The van der Waals surface area contributed by atoms with Crippen LogP contribution >= 0.6 is 0 Å². The molecule has 6 rings (SSSR count). The molecule has 2 aromatic carbocycles. The summed E-state index contributed by atoms with van der Waals surface area (Å²) in [5.41, 5.74) is 2.90. The van der Waals surface area contributed by atoms with Crippen molar-refractivity contribution in [3.8, 4) is 17.0 Å². The van der Waals surface area contributed by atoms with Crippen LogP contribution in [0.15, 0.2) is 48.9 Å². The van der Waals surface area contributed by atoms with Gasteiger partial charge in [0.2, 0.25) is 11.7 Å². The molecule has 2 aliphatic rings. The van der Waals surface area contributed by atoms with E-state index in [1.807, 2.05) is 13.0 Å². The summed E-state index contributed by atoms with van der Waals surface area (Å²) in [5.74, 6) is -2.45. The number of ether oxygens (including phenoxy) is 1. The number of aliphatic hydroxyl groups is 1. The highest BCUT2D eigenvalue weighted by molar-refractivity contribution is 5.96. The number of hydrogen-bond donors (Lipinski definition) is 3. The summed E-state index contributed by atoms with van der Waals surface area (Å²) in [7, 11) is 1.27. The Balaban J connectivity index is 1.17. The fraction of sp³-hybridized carbons (Fsp3) is 0.375. The van der Waals surface area contributed by atoms with E-state index in [1.165, 1.54) is 31.6 Å². The molecule has 11 nitrogen and oxygen atoms in total. The van der Waals surface area contributed by atoms with E-state index in [-0.39, 0.29) is 23.1 Å². The van der Waals surface area contributed by atoms with Gasteiger partial charge in [-0.1, -0.05) is 6.92 Å². The van der Waals surface area contributed by atoms with Gasteiger partial charge in [0.15, 0.2) is 23.0 Å². The number of piperidine rings is 1. The number of nitrogens with one attached hydrogen (secondary N) is 2. The van der Waals surface area contributed by atoms with E-state index in [9.17, 15) is 23.5 Å². The van der Waals surface area contributed by atoms with Crippen molar-refractivity contribution in [1.82, 2.24) is 29.5 Å². The first-order valence-electron chi connectivity index (χ1n) is 15.0. The SMILES string of the molecule is CCc1cc(Nc2nccn3c(-c4ccc(OC)c(F)c4F)cnc23)ccc1C(=O)N1CCN(C(=O)[C@H]2CCNC[C@H]2O)CC1. The Bertz CT molecular complexity index is 1740. The molecule has 0 radical (unpaired) electrons. The molecular weight excluding hydrogens is 584 g/mol. The van der Waals surface area contributed by atoms with Crippen molar-refractivity contribution in [1.29, 1.82) is 0 Å². The maximum Gasteiger partial charge on any atom is 0.254 e. The van der Waals surface area contributed by atoms with Crippen LogP contribution in [-0.4, -0.2) is 93.6 Å². The van der Waals surface area contributed by atoms with Crippen LogP contribution in [0.3, 0.4) is 0 Å². The summed E-state index contributed by atoms with van der Waals surface area (Å²) in [6.07, 6.45) is 5.12. The fourth-order valence-electron chi connectivity index (χ4n) is 6.07. The van der Waals surface area contributed by atoms with Gasteiger partial charge in [0.1, 0.15) is 0 Å². The van der Waals surface area contributed by atoms with Gasteiger partial charge >= 0.3 is 0 Å². The van der Waals surface area contributed by atoms with Crippen LogP contribution < -0.4 is 15.4 Å². The second-order valence-corrected chi connectivity index (χ2v) is 11.2. The molecule has 3 N–H and O–H groups in total. The molecule has 2 saturated heterocycles. The van der Waals surface area contributed by atoms with Crippen molar-refractivity contribution < 1.29 is 28.2 Å². The number of fused-ring (bicyclic) bond motifs is 1. The average molecular weight is 620 g/mol. The fourth-order valence-corrected chi connectivity index (χ4v) is 6.07. The Morgan fingerprint density at radius 3 is 2.60 bits per heavy atom. The van der Waals surface area contributed by atoms with Crippen molar-refractivity contribution in [3.05, 3.63) is 71.7 Å². The summed E-state index contributed by atoms with van der Waals surface area (Å²) in [5, 5.41) is 16.6. The highest BCUT2D eigenvalue weighted by Gasteiger charge is 2.34. The largest absolute Gasteiger partial charge is 0.494 e. The summed E-state index contributed by atoms with van der Waals surface area (Å²) >= 11 is 0. The third-order valence-corrected chi connectivity index (χ3v) is 8.60. The minimum Gasteiger partial charge on any atom is -0.494 e. The summed E-state index contributed by atoms with van der Waals surface area (Å²) in [4.78, 5) is 38.9. The van der Waals surface area contributed by atoms with Gasteiger partial charge in [0, 0.05) is 61.9 Å². The van der Waals surface area contributed by atoms with Crippen LogP contribution in [0, 0.1) is 17.6 Å². The number of amides is 2. The van der Waals surface area contributed by atoms with Gasteiger partial charge in [-0.25, -0.2) is 14.4 Å². The topological polar surface area (TPSA) is 124 Å². The van der Waals surface area contributed by atoms with Crippen molar-refractivity contribution in [2.24, 2.45) is 5.92 Å².